The predicted octanol–water partition coefficient (Wildman–Crippen LogP) is 0.395. The van der Waals surface area contributed by atoms with Crippen molar-refractivity contribution in [2.24, 2.45) is 5.92 Å². The number of urea groups is 1. The van der Waals surface area contributed by atoms with Crippen LogP contribution in [0.2, 0.25) is 0 Å². The number of likely N-dealkylation sites (tertiary alicyclic amines) is 1. The van der Waals surface area contributed by atoms with Crippen LogP contribution in [0.1, 0.15) is 13.3 Å². The Labute approximate surface area is 108 Å². The van der Waals surface area contributed by atoms with Crippen LogP contribution in [-0.4, -0.2) is 78.6 Å². The molecule has 6 nitrogen and oxygen atoms in total. The molecular formula is C12H23N3O3. The average Bonchev–Trinajstić information content (AvgIpc) is 2.67. The number of aliphatic carboxylic acids is 1. The molecule has 0 radical (unpaired) electrons. The molecule has 2 amide bonds. The molecule has 2 atom stereocenters. The zero-order chi connectivity index (χ0) is 13.9. The Bertz CT molecular complexity index is 320. The van der Waals surface area contributed by atoms with Gasteiger partial charge in [-0.25, -0.2) is 4.79 Å². The van der Waals surface area contributed by atoms with Crippen molar-refractivity contribution in [1.29, 1.82) is 0 Å². The smallest absolute Gasteiger partial charge is 0.319 e. The van der Waals surface area contributed by atoms with Crippen LogP contribution in [0.5, 0.6) is 0 Å². The van der Waals surface area contributed by atoms with Crippen LogP contribution < -0.4 is 0 Å². The standard InChI is InChI=1S/C12H23N3O3/c1-9-7-15(8-10(9)13(2)3)12(18)14(4)6-5-11(16)17/h9-10H,5-8H2,1-4H3,(H,16,17). The van der Waals surface area contributed by atoms with Crippen LogP contribution in [-0.2, 0) is 4.79 Å². The maximum Gasteiger partial charge on any atom is 0.319 e. The number of likely N-dealkylation sites (N-methyl/N-ethyl adjacent to an activating group) is 1. The van der Waals surface area contributed by atoms with Gasteiger partial charge in [0.05, 0.1) is 6.42 Å². The third-order valence-electron chi connectivity index (χ3n) is 3.49. The fraction of sp³-hybridized carbons (Fsp3) is 0.833. The molecule has 1 aliphatic rings. The molecule has 1 N–H and O–H groups in total. The van der Waals surface area contributed by atoms with Crippen molar-refractivity contribution in [3.63, 3.8) is 0 Å². The monoisotopic (exact) mass is 257 g/mol. The molecule has 0 aliphatic carbocycles. The number of rotatable bonds is 4. The SMILES string of the molecule is CC1CN(C(=O)N(C)CCC(=O)O)CC1N(C)C. The molecule has 0 saturated carbocycles. The topological polar surface area (TPSA) is 64.1 Å². The summed E-state index contributed by atoms with van der Waals surface area (Å²) < 4.78 is 0. The molecule has 1 rings (SSSR count). The Morgan fingerprint density at radius 3 is 2.33 bits per heavy atom. The molecule has 2 unspecified atom stereocenters. The molecule has 0 bridgehead atoms. The lowest BCUT2D eigenvalue weighted by Crippen LogP contribution is -2.42. The first-order valence-electron chi connectivity index (χ1n) is 6.21. The van der Waals surface area contributed by atoms with E-state index in [9.17, 15) is 9.59 Å². The Morgan fingerprint density at radius 2 is 1.89 bits per heavy atom. The summed E-state index contributed by atoms with van der Waals surface area (Å²) >= 11 is 0. The number of nitrogens with zero attached hydrogens (tertiary/aromatic N) is 3. The highest BCUT2D eigenvalue weighted by molar-refractivity contribution is 5.75. The number of carbonyl (C=O) groups excluding carboxylic acids is 1. The van der Waals surface area contributed by atoms with Gasteiger partial charge in [0.15, 0.2) is 0 Å². The van der Waals surface area contributed by atoms with E-state index in [4.69, 9.17) is 5.11 Å². The molecule has 1 fully saturated rings. The van der Waals surface area contributed by atoms with E-state index in [1.54, 1.807) is 11.9 Å². The second-order valence-corrected chi connectivity index (χ2v) is 5.26. The summed E-state index contributed by atoms with van der Waals surface area (Å²) in [6, 6.07) is 0.300. The van der Waals surface area contributed by atoms with Crippen molar-refractivity contribution in [1.82, 2.24) is 14.7 Å². The van der Waals surface area contributed by atoms with Gasteiger partial charge < -0.3 is 19.8 Å². The molecular weight excluding hydrogens is 234 g/mol. The minimum Gasteiger partial charge on any atom is -0.481 e. The van der Waals surface area contributed by atoms with Crippen LogP contribution in [0.4, 0.5) is 4.79 Å². The summed E-state index contributed by atoms with van der Waals surface area (Å²) in [5.74, 6) is -0.438. The van der Waals surface area contributed by atoms with Crippen molar-refractivity contribution < 1.29 is 14.7 Å². The van der Waals surface area contributed by atoms with Crippen LogP contribution in [0.15, 0.2) is 0 Å². The zero-order valence-corrected chi connectivity index (χ0v) is 11.6. The minimum absolute atomic E-state index is 0.0112. The molecule has 0 spiro atoms. The van der Waals surface area contributed by atoms with Crippen LogP contribution in [0, 0.1) is 5.92 Å². The molecule has 1 heterocycles. The van der Waals surface area contributed by atoms with Gasteiger partial charge in [0.25, 0.3) is 0 Å². The van der Waals surface area contributed by atoms with E-state index in [2.05, 4.69) is 11.8 Å². The highest BCUT2D eigenvalue weighted by Gasteiger charge is 2.34. The summed E-state index contributed by atoms with van der Waals surface area (Å²) in [4.78, 5) is 28.0. The Morgan fingerprint density at radius 1 is 1.28 bits per heavy atom. The summed E-state index contributed by atoms with van der Waals surface area (Å²) in [6.45, 7) is 3.84. The molecule has 0 aromatic carbocycles. The van der Waals surface area contributed by atoms with Crippen molar-refractivity contribution in [3.8, 4) is 0 Å². The van der Waals surface area contributed by atoms with Crippen LogP contribution in [0.25, 0.3) is 0 Å². The third kappa shape index (κ3) is 3.60. The van der Waals surface area contributed by atoms with Gasteiger partial charge in [-0.3, -0.25) is 4.79 Å². The quantitative estimate of drug-likeness (QED) is 0.791. The highest BCUT2D eigenvalue weighted by Crippen LogP contribution is 2.20. The molecule has 18 heavy (non-hydrogen) atoms. The molecule has 1 aliphatic heterocycles. The largest absolute Gasteiger partial charge is 0.481 e. The zero-order valence-electron chi connectivity index (χ0n) is 11.6. The maximum atomic E-state index is 12.1. The number of carboxylic acids is 1. The Kier molecular flexibility index (Phi) is 4.95. The van der Waals surface area contributed by atoms with E-state index in [1.165, 1.54) is 4.90 Å². The van der Waals surface area contributed by atoms with Crippen molar-refractivity contribution in [3.05, 3.63) is 0 Å². The first-order chi connectivity index (χ1) is 8.32. The Balaban J connectivity index is 2.50. The van der Waals surface area contributed by atoms with Gasteiger partial charge in [-0.05, 0) is 20.0 Å². The summed E-state index contributed by atoms with van der Waals surface area (Å²) in [5, 5.41) is 8.61. The van der Waals surface area contributed by atoms with Gasteiger partial charge >= 0.3 is 12.0 Å². The lowest BCUT2D eigenvalue weighted by Gasteiger charge is -2.25. The Hall–Kier alpha value is -1.30. The van der Waals surface area contributed by atoms with Gasteiger partial charge in [0, 0.05) is 32.7 Å². The van der Waals surface area contributed by atoms with Crippen molar-refractivity contribution in [2.45, 2.75) is 19.4 Å². The van der Waals surface area contributed by atoms with E-state index < -0.39 is 5.97 Å². The van der Waals surface area contributed by atoms with E-state index in [1.807, 2.05) is 14.1 Å². The van der Waals surface area contributed by atoms with Gasteiger partial charge in [0.2, 0.25) is 0 Å². The molecule has 0 aromatic rings. The second kappa shape index (κ2) is 6.04. The summed E-state index contributed by atoms with van der Waals surface area (Å²) in [5.41, 5.74) is 0. The molecule has 104 valence electrons. The number of carbonyl (C=O) groups is 2. The van der Waals surface area contributed by atoms with E-state index in [-0.39, 0.29) is 19.0 Å². The van der Waals surface area contributed by atoms with E-state index >= 15 is 0 Å². The third-order valence-corrected chi connectivity index (χ3v) is 3.49. The second-order valence-electron chi connectivity index (χ2n) is 5.26. The number of hydrogen-bond donors (Lipinski definition) is 1. The van der Waals surface area contributed by atoms with Gasteiger partial charge in [0.1, 0.15) is 0 Å². The summed E-state index contributed by atoms with van der Waals surface area (Å²) in [6.07, 6.45) is -0.0112. The lowest BCUT2D eigenvalue weighted by molar-refractivity contribution is -0.137. The van der Waals surface area contributed by atoms with Gasteiger partial charge in [-0.2, -0.15) is 0 Å². The number of amides is 2. The number of carboxylic acid groups (broad SMARTS) is 1. The van der Waals surface area contributed by atoms with E-state index in [0.29, 0.717) is 18.5 Å². The first-order valence-corrected chi connectivity index (χ1v) is 6.21. The van der Waals surface area contributed by atoms with Gasteiger partial charge in [-0.1, -0.05) is 6.92 Å². The highest BCUT2D eigenvalue weighted by atomic mass is 16.4. The van der Waals surface area contributed by atoms with Gasteiger partial charge in [-0.15, -0.1) is 0 Å². The predicted molar refractivity (Wildman–Crippen MR) is 68.5 cm³/mol. The average molecular weight is 257 g/mol. The minimum atomic E-state index is -0.879. The lowest BCUT2D eigenvalue weighted by atomic mass is 10.1. The van der Waals surface area contributed by atoms with Crippen molar-refractivity contribution in [2.75, 3.05) is 40.8 Å². The van der Waals surface area contributed by atoms with Crippen LogP contribution in [0.3, 0.4) is 0 Å². The fourth-order valence-corrected chi connectivity index (χ4v) is 2.38. The normalized spacial score (nSPS) is 23.5. The maximum absolute atomic E-state index is 12.1. The van der Waals surface area contributed by atoms with E-state index in [0.717, 1.165) is 6.54 Å². The first kappa shape index (κ1) is 14.8. The molecule has 0 aromatic heterocycles. The van der Waals surface area contributed by atoms with Crippen molar-refractivity contribution >= 4 is 12.0 Å². The molecule has 6 heteroatoms. The molecule has 1 saturated heterocycles. The van der Waals surface area contributed by atoms with Crippen LogP contribution >= 0.6 is 0 Å². The summed E-state index contributed by atoms with van der Waals surface area (Å²) in [7, 11) is 5.69. The fourth-order valence-electron chi connectivity index (χ4n) is 2.38. The number of hydrogen-bond acceptors (Lipinski definition) is 3.